The quantitative estimate of drug-likeness (QED) is 0.896. The summed E-state index contributed by atoms with van der Waals surface area (Å²) in [5.74, 6) is -0.204. The first-order valence-corrected chi connectivity index (χ1v) is 6.60. The molecule has 0 aliphatic carbocycles. The molecule has 18 heavy (non-hydrogen) atoms. The van der Waals surface area contributed by atoms with Crippen LogP contribution in [-0.2, 0) is 0 Å². The van der Waals surface area contributed by atoms with E-state index in [2.05, 4.69) is 21.2 Å². The molecule has 0 heterocycles. The molecule has 0 amide bonds. The Bertz CT molecular complexity index is 516. The van der Waals surface area contributed by atoms with Gasteiger partial charge in [-0.05, 0) is 31.7 Å². The fraction of sp³-hybridized carbons (Fsp3) is 0.200. The van der Waals surface area contributed by atoms with Gasteiger partial charge >= 0.3 is 0 Å². The first kappa shape index (κ1) is 13.2. The fourth-order valence-electron chi connectivity index (χ4n) is 2.02. The van der Waals surface area contributed by atoms with Crippen molar-refractivity contribution in [3.63, 3.8) is 0 Å². The SMILES string of the molecule is CNC(c1ccc(C)cc1)c1c(F)cccc1Br. The van der Waals surface area contributed by atoms with Crippen molar-refractivity contribution in [3.05, 3.63) is 69.4 Å². The Balaban J connectivity index is 2.48. The van der Waals surface area contributed by atoms with E-state index in [1.807, 2.05) is 44.3 Å². The van der Waals surface area contributed by atoms with E-state index in [-0.39, 0.29) is 11.9 Å². The summed E-state index contributed by atoms with van der Waals surface area (Å²) in [6.45, 7) is 2.04. The van der Waals surface area contributed by atoms with Gasteiger partial charge in [0.25, 0.3) is 0 Å². The molecule has 2 rings (SSSR count). The average molecular weight is 308 g/mol. The second-order valence-electron chi connectivity index (χ2n) is 4.27. The van der Waals surface area contributed by atoms with Crippen LogP contribution in [0.3, 0.4) is 0 Å². The van der Waals surface area contributed by atoms with Crippen molar-refractivity contribution in [2.24, 2.45) is 0 Å². The van der Waals surface area contributed by atoms with Gasteiger partial charge in [0.15, 0.2) is 0 Å². The van der Waals surface area contributed by atoms with Crippen molar-refractivity contribution in [2.45, 2.75) is 13.0 Å². The molecule has 0 saturated carbocycles. The lowest BCUT2D eigenvalue weighted by Crippen LogP contribution is -2.19. The highest BCUT2D eigenvalue weighted by Gasteiger charge is 2.18. The Morgan fingerprint density at radius 3 is 2.33 bits per heavy atom. The number of hydrogen-bond acceptors (Lipinski definition) is 1. The van der Waals surface area contributed by atoms with Gasteiger partial charge in [-0.15, -0.1) is 0 Å². The second-order valence-corrected chi connectivity index (χ2v) is 5.12. The van der Waals surface area contributed by atoms with Crippen LogP contribution < -0.4 is 5.32 Å². The number of rotatable bonds is 3. The van der Waals surface area contributed by atoms with Gasteiger partial charge < -0.3 is 5.32 Å². The van der Waals surface area contributed by atoms with Gasteiger partial charge in [-0.2, -0.15) is 0 Å². The third kappa shape index (κ3) is 2.62. The molecule has 94 valence electrons. The van der Waals surface area contributed by atoms with E-state index in [0.717, 1.165) is 10.0 Å². The summed E-state index contributed by atoms with van der Waals surface area (Å²) in [6, 6.07) is 13.0. The Hall–Kier alpha value is -1.19. The van der Waals surface area contributed by atoms with Crippen molar-refractivity contribution in [3.8, 4) is 0 Å². The minimum atomic E-state index is -0.204. The van der Waals surface area contributed by atoms with E-state index in [1.54, 1.807) is 6.07 Å². The lowest BCUT2D eigenvalue weighted by molar-refractivity contribution is 0.574. The van der Waals surface area contributed by atoms with Crippen LogP contribution in [0.2, 0.25) is 0 Å². The summed E-state index contributed by atoms with van der Waals surface area (Å²) in [6.07, 6.45) is 0. The standard InChI is InChI=1S/C15H15BrFN/c1-10-6-8-11(9-7-10)15(18-2)14-12(16)4-3-5-13(14)17/h3-9,15,18H,1-2H3. The first-order valence-electron chi connectivity index (χ1n) is 5.81. The zero-order valence-electron chi connectivity index (χ0n) is 10.4. The maximum Gasteiger partial charge on any atom is 0.129 e. The maximum atomic E-state index is 14.0. The van der Waals surface area contributed by atoms with Crippen molar-refractivity contribution < 1.29 is 4.39 Å². The monoisotopic (exact) mass is 307 g/mol. The summed E-state index contributed by atoms with van der Waals surface area (Å²) >= 11 is 3.42. The third-order valence-electron chi connectivity index (χ3n) is 2.99. The normalized spacial score (nSPS) is 12.4. The molecule has 0 aromatic heterocycles. The zero-order valence-corrected chi connectivity index (χ0v) is 12.0. The van der Waals surface area contributed by atoms with Gasteiger partial charge in [0.1, 0.15) is 5.82 Å². The summed E-state index contributed by atoms with van der Waals surface area (Å²) in [5.41, 5.74) is 2.89. The molecule has 1 nitrogen and oxygen atoms in total. The third-order valence-corrected chi connectivity index (χ3v) is 3.68. The van der Waals surface area contributed by atoms with Crippen molar-refractivity contribution >= 4 is 15.9 Å². The molecule has 0 aliphatic heterocycles. The van der Waals surface area contributed by atoms with Crippen molar-refractivity contribution in [2.75, 3.05) is 7.05 Å². The molecule has 1 atom stereocenters. The highest BCUT2D eigenvalue weighted by atomic mass is 79.9. The van der Waals surface area contributed by atoms with Gasteiger partial charge in [-0.1, -0.05) is 51.8 Å². The van der Waals surface area contributed by atoms with Gasteiger partial charge in [-0.25, -0.2) is 4.39 Å². The Labute approximate surface area is 115 Å². The van der Waals surface area contributed by atoms with Gasteiger partial charge in [0.05, 0.1) is 6.04 Å². The minimum Gasteiger partial charge on any atom is -0.309 e. The molecule has 0 spiro atoms. The molecule has 1 N–H and O–H groups in total. The minimum absolute atomic E-state index is 0.152. The lowest BCUT2D eigenvalue weighted by Gasteiger charge is -2.19. The predicted octanol–water partition coefficient (Wildman–Crippen LogP) is 4.21. The molecule has 3 heteroatoms. The summed E-state index contributed by atoms with van der Waals surface area (Å²) in [5, 5.41) is 3.17. The van der Waals surface area contributed by atoms with Crippen LogP contribution >= 0.6 is 15.9 Å². The van der Waals surface area contributed by atoms with Gasteiger partial charge in [0, 0.05) is 10.0 Å². The molecular formula is C15H15BrFN. The Morgan fingerprint density at radius 2 is 1.78 bits per heavy atom. The predicted molar refractivity (Wildman–Crippen MR) is 76.2 cm³/mol. The molecule has 0 radical (unpaired) electrons. The molecule has 0 aliphatic rings. The maximum absolute atomic E-state index is 14.0. The van der Waals surface area contributed by atoms with Crippen LogP contribution in [0.4, 0.5) is 4.39 Å². The molecular weight excluding hydrogens is 293 g/mol. The van der Waals surface area contributed by atoms with E-state index < -0.39 is 0 Å². The van der Waals surface area contributed by atoms with E-state index in [0.29, 0.717) is 5.56 Å². The summed E-state index contributed by atoms with van der Waals surface area (Å²) < 4.78 is 14.8. The first-order chi connectivity index (χ1) is 8.63. The summed E-state index contributed by atoms with van der Waals surface area (Å²) in [7, 11) is 1.84. The number of nitrogens with one attached hydrogen (secondary N) is 1. The second kappa shape index (κ2) is 5.63. The lowest BCUT2D eigenvalue weighted by atomic mass is 9.97. The van der Waals surface area contributed by atoms with Gasteiger partial charge in [-0.3, -0.25) is 0 Å². The van der Waals surface area contributed by atoms with E-state index in [9.17, 15) is 4.39 Å². The molecule has 0 bridgehead atoms. The fourth-order valence-corrected chi connectivity index (χ4v) is 2.59. The zero-order chi connectivity index (χ0) is 13.1. The number of benzene rings is 2. The smallest absolute Gasteiger partial charge is 0.129 e. The number of halogens is 2. The largest absolute Gasteiger partial charge is 0.309 e. The molecule has 2 aromatic rings. The summed E-state index contributed by atoms with van der Waals surface area (Å²) in [4.78, 5) is 0. The van der Waals surface area contributed by atoms with Crippen LogP contribution in [0.1, 0.15) is 22.7 Å². The average Bonchev–Trinajstić information content (AvgIpc) is 2.35. The highest BCUT2D eigenvalue weighted by Crippen LogP contribution is 2.30. The van der Waals surface area contributed by atoms with E-state index >= 15 is 0 Å². The molecule has 0 saturated heterocycles. The molecule has 0 fully saturated rings. The van der Waals surface area contributed by atoms with E-state index in [4.69, 9.17) is 0 Å². The number of aryl methyl sites for hydroxylation is 1. The topological polar surface area (TPSA) is 12.0 Å². The highest BCUT2D eigenvalue weighted by molar-refractivity contribution is 9.10. The Morgan fingerprint density at radius 1 is 1.11 bits per heavy atom. The Kier molecular flexibility index (Phi) is 4.15. The van der Waals surface area contributed by atoms with Crippen LogP contribution in [-0.4, -0.2) is 7.05 Å². The molecule has 1 unspecified atom stereocenters. The van der Waals surface area contributed by atoms with Crippen LogP contribution in [0.25, 0.3) is 0 Å². The number of hydrogen-bond donors (Lipinski definition) is 1. The van der Waals surface area contributed by atoms with Gasteiger partial charge in [0.2, 0.25) is 0 Å². The van der Waals surface area contributed by atoms with Crippen LogP contribution in [0.5, 0.6) is 0 Å². The molecule has 2 aromatic carbocycles. The van der Waals surface area contributed by atoms with Crippen molar-refractivity contribution in [1.29, 1.82) is 0 Å². The van der Waals surface area contributed by atoms with Crippen LogP contribution in [0, 0.1) is 12.7 Å². The van der Waals surface area contributed by atoms with Crippen molar-refractivity contribution in [1.82, 2.24) is 5.32 Å². The van der Waals surface area contributed by atoms with E-state index in [1.165, 1.54) is 11.6 Å². The van der Waals surface area contributed by atoms with Crippen LogP contribution in [0.15, 0.2) is 46.9 Å².